The predicted octanol–water partition coefficient (Wildman–Crippen LogP) is 2.61. The van der Waals surface area contributed by atoms with Crippen molar-refractivity contribution in [1.29, 1.82) is 0 Å². The molecule has 0 aliphatic rings. The molecule has 0 fully saturated rings. The second-order valence-corrected chi connectivity index (χ2v) is 4.90. The van der Waals surface area contributed by atoms with Gasteiger partial charge in [0.2, 0.25) is 0 Å². The Morgan fingerprint density at radius 1 is 1.56 bits per heavy atom. The van der Waals surface area contributed by atoms with Gasteiger partial charge in [0.05, 0.1) is 9.40 Å². The van der Waals surface area contributed by atoms with Crippen LogP contribution in [0.5, 0.6) is 0 Å². The van der Waals surface area contributed by atoms with Crippen molar-refractivity contribution in [2.45, 2.75) is 32.4 Å². The second-order valence-electron chi connectivity index (χ2n) is 4.04. The Balaban J connectivity index is 2.67. The summed E-state index contributed by atoms with van der Waals surface area (Å²) >= 11 is 3.15. The van der Waals surface area contributed by atoms with E-state index >= 15 is 0 Å². The number of benzene rings is 1. The van der Waals surface area contributed by atoms with Crippen molar-refractivity contribution in [2.75, 3.05) is 6.61 Å². The molecule has 0 aliphatic carbocycles. The maximum absolute atomic E-state index is 10.8. The van der Waals surface area contributed by atoms with Gasteiger partial charge in [-0.2, -0.15) is 0 Å². The zero-order valence-corrected chi connectivity index (χ0v) is 11.8. The molecule has 5 nitrogen and oxygen atoms in total. The van der Waals surface area contributed by atoms with E-state index in [1.807, 2.05) is 13.0 Å². The highest BCUT2D eigenvalue weighted by atomic mass is 79.9. The summed E-state index contributed by atoms with van der Waals surface area (Å²) in [5, 5.41) is 22.9. The SMILES string of the molecule is CCC(CCO)NCc1ccc(Br)c([N+](=O)[O-])c1. The molecule has 2 N–H and O–H groups in total. The van der Waals surface area contributed by atoms with Gasteiger partial charge in [-0.25, -0.2) is 0 Å². The largest absolute Gasteiger partial charge is 0.396 e. The second kappa shape index (κ2) is 7.45. The van der Waals surface area contributed by atoms with Gasteiger partial charge in [-0.1, -0.05) is 13.0 Å². The number of halogens is 1. The summed E-state index contributed by atoms with van der Waals surface area (Å²) in [5.41, 5.74) is 0.936. The molecule has 6 heteroatoms. The fourth-order valence-electron chi connectivity index (χ4n) is 1.68. The highest BCUT2D eigenvalue weighted by Crippen LogP contribution is 2.25. The first-order chi connectivity index (χ1) is 8.58. The van der Waals surface area contributed by atoms with Crippen LogP contribution >= 0.6 is 15.9 Å². The summed E-state index contributed by atoms with van der Waals surface area (Å²) in [6.07, 6.45) is 1.61. The van der Waals surface area contributed by atoms with Crippen molar-refractivity contribution < 1.29 is 10.0 Å². The molecule has 1 aromatic rings. The van der Waals surface area contributed by atoms with E-state index in [4.69, 9.17) is 5.11 Å². The molecule has 0 aliphatic heterocycles. The lowest BCUT2D eigenvalue weighted by Crippen LogP contribution is -2.28. The zero-order valence-electron chi connectivity index (χ0n) is 10.2. The van der Waals surface area contributed by atoms with Gasteiger partial charge in [0.25, 0.3) is 5.69 Å². The molecule has 0 saturated heterocycles. The molecule has 0 spiro atoms. The van der Waals surface area contributed by atoms with Crippen LogP contribution in [0.1, 0.15) is 25.3 Å². The lowest BCUT2D eigenvalue weighted by Gasteiger charge is -2.15. The molecule has 0 heterocycles. The normalized spacial score (nSPS) is 12.4. The van der Waals surface area contributed by atoms with Crippen LogP contribution in [0.25, 0.3) is 0 Å². The number of nitro benzene ring substituents is 1. The molecule has 18 heavy (non-hydrogen) atoms. The van der Waals surface area contributed by atoms with Crippen molar-refractivity contribution in [1.82, 2.24) is 5.32 Å². The molecule has 0 radical (unpaired) electrons. The first-order valence-corrected chi connectivity index (χ1v) is 6.64. The predicted molar refractivity (Wildman–Crippen MR) is 73.4 cm³/mol. The number of aliphatic hydroxyl groups is 1. The van der Waals surface area contributed by atoms with Gasteiger partial charge in [0.15, 0.2) is 0 Å². The van der Waals surface area contributed by atoms with Crippen LogP contribution in [-0.4, -0.2) is 22.7 Å². The highest BCUT2D eigenvalue weighted by molar-refractivity contribution is 9.10. The monoisotopic (exact) mass is 316 g/mol. The van der Waals surface area contributed by atoms with Crippen LogP contribution in [-0.2, 0) is 6.54 Å². The maximum atomic E-state index is 10.8. The minimum Gasteiger partial charge on any atom is -0.396 e. The summed E-state index contributed by atoms with van der Waals surface area (Å²) in [5.74, 6) is 0. The Labute approximate surface area is 114 Å². The van der Waals surface area contributed by atoms with Crippen molar-refractivity contribution in [3.63, 3.8) is 0 Å². The maximum Gasteiger partial charge on any atom is 0.283 e. The molecule has 0 aromatic heterocycles. The van der Waals surface area contributed by atoms with Gasteiger partial charge in [-0.05, 0) is 40.4 Å². The summed E-state index contributed by atoms with van der Waals surface area (Å²) < 4.78 is 0.485. The molecule has 100 valence electrons. The minimum absolute atomic E-state index is 0.0736. The van der Waals surface area contributed by atoms with Crippen LogP contribution in [0.15, 0.2) is 22.7 Å². The summed E-state index contributed by atoms with van der Waals surface area (Å²) in [6, 6.07) is 5.32. The molecule has 0 amide bonds. The van der Waals surface area contributed by atoms with Crippen LogP contribution < -0.4 is 5.32 Å². The van der Waals surface area contributed by atoms with Crippen molar-refractivity contribution in [3.8, 4) is 0 Å². The summed E-state index contributed by atoms with van der Waals surface area (Å²) in [6.45, 7) is 2.75. The first kappa shape index (κ1) is 15.1. The number of aliphatic hydroxyl groups excluding tert-OH is 1. The lowest BCUT2D eigenvalue weighted by molar-refractivity contribution is -0.385. The Bertz CT molecular complexity index is 412. The number of hydrogen-bond acceptors (Lipinski definition) is 4. The van der Waals surface area contributed by atoms with Gasteiger partial charge in [-0.3, -0.25) is 10.1 Å². The topological polar surface area (TPSA) is 75.4 Å². The third kappa shape index (κ3) is 4.36. The molecule has 1 atom stereocenters. The Morgan fingerprint density at radius 3 is 2.83 bits per heavy atom. The fourth-order valence-corrected chi connectivity index (χ4v) is 2.07. The highest BCUT2D eigenvalue weighted by Gasteiger charge is 2.12. The standard InChI is InChI=1S/C12H17BrN2O3/c1-2-10(5-6-16)14-8-9-3-4-11(13)12(7-9)15(17)18/h3-4,7,10,14,16H,2,5-6,8H2,1H3. The van der Waals surface area contributed by atoms with Gasteiger partial charge in [-0.15, -0.1) is 0 Å². The van der Waals surface area contributed by atoms with Gasteiger partial charge in [0, 0.05) is 25.3 Å². The molecule has 0 saturated carbocycles. The molecular weight excluding hydrogens is 300 g/mol. The van der Waals surface area contributed by atoms with Gasteiger partial charge < -0.3 is 10.4 Å². The molecule has 1 aromatic carbocycles. The number of nitrogens with one attached hydrogen (secondary N) is 1. The Morgan fingerprint density at radius 2 is 2.28 bits per heavy atom. The summed E-state index contributed by atoms with van der Waals surface area (Å²) in [4.78, 5) is 10.4. The quantitative estimate of drug-likeness (QED) is 0.599. The number of hydrogen-bond donors (Lipinski definition) is 2. The van der Waals surface area contributed by atoms with Crippen LogP contribution in [0.4, 0.5) is 5.69 Å². The molecular formula is C12H17BrN2O3. The average molecular weight is 317 g/mol. The Kier molecular flexibility index (Phi) is 6.24. The number of rotatable bonds is 7. The fraction of sp³-hybridized carbons (Fsp3) is 0.500. The van der Waals surface area contributed by atoms with Gasteiger partial charge in [0.1, 0.15) is 0 Å². The third-order valence-electron chi connectivity index (χ3n) is 2.77. The molecule has 0 bridgehead atoms. The minimum atomic E-state index is -0.404. The van der Waals surface area contributed by atoms with Crippen LogP contribution in [0.2, 0.25) is 0 Å². The zero-order chi connectivity index (χ0) is 13.5. The third-order valence-corrected chi connectivity index (χ3v) is 3.44. The van der Waals surface area contributed by atoms with E-state index in [0.717, 1.165) is 12.0 Å². The molecule has 1 rings (SSSR count). The van der Waals surface area contributed by atoms with Crippen LogP contribution in [0, 0.1) is 10.1 Å². The van der Waals surface area contributed by atoms with E-state index in [1.54, 1.807) is 12.1 Å². The van der Waals surface area contributed by atoms with E-state index in [0.29, 0.717) is 17.4 Å². The lowest BCUT2D eigenvalue weighted by atomic mass is 10.1. The van der Waals surface area contributed by atoms with Crippen molar-refractivity contribution >= 4 is 21.6 Å². The summed E-state index contributed by atoms with van der Waals surface area (Å²) in [7, 11) is 0. The molecule has 1 unspecified atom stereocenters. The van der Waals surface area contributed by atoms with E-state index in [1.165, 1.54) is 0 Å². The smallest absolute Gasteiger partial charge is 0.283 e. The van der Waals surface area contributed by atoms with Gasteiger partial charge >= 0.3 is 0 Å². The number of nitrogens with zero attached hydrogens (tertiary/aromatic N) is 1. The Hall–Kier alpha value is -0.980. The van der Waals surface area contributed by atoms with E-state index in [9.17, 15) is 10.1 Å². The van der Waals surface area contributed by atoms with E-state index in [-0.39, 0.29) is 18.3 Å². The van der Waals surface area contributed by atoms with E-state index in [2.05, 4.69) is 21.2 Å². The van der Waals surface area contributed by atoms with E-state index < -0.39 is 4.92 Å². The first-order valence-electron chi connectivity index (χ1n) is 5.85. The van der Waals surface area contributed by atoms with Crippen molar-refractivity contribution in [2.24, 2.45) is 0 Å². The van der Waals surface area contributed by atoms with Crippen molar-refractivity contribution in [3.05, 3.63) is 38.3 Å². The number of nitro groups is 1. The van der Waals surface area contributed by atoms with Crippen LogP contribution in [0.3, 0.4) is 0 Å². The average Bonchev–Trinajstić information content (AvgIpc) is 2.35.